The number of pyridine rings is 1. The van der Waals surface area contributed by atoms with E-state index in [4.69, 9.17) is 19.2 Å². The number of amides is 1. The van der Waals surface area contributed by atoms with Crippen LogP contribution >= 0.6 is 11.3 Å². The van der Waals surface area contributed by atoms with Gasteiger partial charge in [0.05, 0.1) is 48.4 Å². The van der Waals surface area contributed by atoms with E-state index in [1.807, 2.05) is 12.1 Å². The molecule has 1 saturated heterocycles. The lowest BCUT2D eigenvalue weighted by molar-refractivity contribution is -0.132. The van der Waals surface area contributed by atoms with Crippen LogP contribution in [-0.2, 0) is 9.59 Å². The number of carbonyl (C=O) groups is 2. The summed E-state index contributed by atoms with van der Waals surface area (Å²) in [6.07, 6.45) is 3.61. The second-order valence-electron chi connectivity index (χ2n) is 10.1. The fourth-order valence-corrected chi connectivity index (χ4v) is 6.32. The second kappa shape index (κ2) is 11.4. The van der Waals surface area contributed by atoms with E-state index >= 15 is 0 Å². The van der Waals surface area contributed by atoms with Crippen molar-refractivity contribution in [3.8, 4) is 17.2 Å². The third-order valence-electron chi connectivity index (χ3n) is 7.42. The second-order valence-corrected chi connectivity index (χ2v) is 11.1. The number of anilines is 1. The Labute approximate surface area is 251 Å². The lowest BCUT2D eigenvalue weighted by atomic mass is 9.96. The number of benzene rings is 2. The highest BCUT2D eigenvalue weighted by Gasteiger charge is 2.49. The Hall–Kier alpha value is -4.90. The Morgan fingerprint density at radius 3 is 2.63 bits per heavy atom. The Bertz CT molecular complexity index is 1910. The largest absolute Gasteiger partial charge is 0.505 e. The smallest absolute Gasteiger partial charge is 0.301 e. The van der Waals surface area contributed by atoms with Crippen molar-refractivity contribution < 1.29 is 28.9 Å². The average Bonchev–Trinajstić information content (AvgIpc) is 3.67. The number of methoxy groups -OCH3 is 2. The quantitative estimate of drug-likeness (QED) is 0.0940. The first-order valence-corrected chi connectivity index (χ1v) is 14.7. The van der Waals surface area contributed by atoms with Crippen LogP contribution in [0, 0.1) is 6.92 Å². The molecule has 0 spiro atoms. The van der Waals surface area contributed by atoms with Crippen molar-refractivity contribution in [3.05, 3.63) is 83.3 Å². The van der Waals surface area contributed by atoms with Crippen molar-refractivity contribution in [2.45, 2.75) is 32.7 Å². The van der Waals surface area contributed by atoms with E-state index in [2.05, 4.69) is 11.9 Å². The van der Waals surface area contributed by atoms with Crippen LogP contribution in [0.4, 0.5) is 5.13 Å². The molecule has 1 aliphatic rings. The molecule has 5 aromatic rings. The molecule has 1 atom stereocenters. The van der Waals surface area contributed by atoms with Crippen molar-refractivity contribution in [2.75, 3.05) is 25.7 Å². The van der Waals surface area contributed by atoms with E-state index < -0.39 is 17.7 Å². The summed E-state index contributed by atoms with van der Waals surface area (Å²) < 4.78 is 19.4. The molecule has 43 heavy (non-hydrogen) atoms. The number of Topliss-reactive ketones (excluding diaryl/α,β-unsaturated/α-hetero) is 1. The van der Waals surface area contributed by atoms with Crippen LogP contribution in [0.3, 0.4) is 0 Å². The lowest BCUT2D eigenvalue weighted by Crippen LogP contribution is -2.29. The number of fused-ring (bicyclic) bond motifs is 2. The first-order chi connectivity index (χ1) is 20.9. The molecule has 0 aliphatic carbocycles. The molecule has 1 fully saturated rings. The van der Waals surface area contributed by atoms with Gasteiger partial charge in [-0.3, -0.25) is 18.9 Å². The molecule has 0 saturated carbocycles. The number of carbonyl (C=O) groups excluding carboxylic acids is 2. The SMILES string of the molecule is CCCCOc1ccc(C2/C(=C(\O)c3c(C)nc4ccccn34)C(=O)C(=O)N2c2nc3ccc(OC)cc3s2)cc1OC. The third kappa shape index (κ3) is 4.85. The molecule has 1 N–H and O–H groups in total. The summed E-state index contributed by atoms with van der Waals surface area (Å²) in [5, 5.41) is 12.1. The fourth-order valence-electron chi connectivity index (χ4n) is 5.29. The van der Waals surface area contributed by atoms with E-state index in [9.17, 15) is 14.7 Å². The maximum Gasteiger partial charge on any atom is 0.301 e. The van der Waals surface area contributed by atoms with Crippen LogP contribution in [0.25, 0.3) is 21.6 Å². The van der Waals surface area contributed by atoms with Gasteiger partial charge in [0.25, 0.3) is 5.78 Å². The number of nitrogens with zero attached hydrogens (tertiary/aromatic N) is 4. The summed E-state index contributed by atoms with van der Waals surface area (Å²) >= 11 is 1.26. The van der Waals surface area contributed by atoms with E-state index in [1.54, 1.807) is 67.1 Å². The zero-order chi connectivity index (χ0) is 30.2. The van der Waals surface area contributed by atoms with E-state index in [-0.39, 0.29) is 11.3 Å². The van der Waals surface area contributed by atoms with Crippen LogP contribution in [0.1, 0.15) is 42.8 Å². The van der Waals surface area contributed by atoms with Crippen LogP contribution < -0.4 is 19.1 Å². The standard InChI is InChI=1S/C32H30N4O6S/c1-5-6-15-42-22-13-10-19(16-23(22)41-4)28-26(29(37)27-18(2)33-25-9-7-8-14-35(25)27)30(38)31(39)36(28)32-34-21-12-11-20(40-3)17-24(21)43-32/h7-14,16-17,28,37H,5-6,15H2,1-4H3/b29-26+. The predicted octanol–water partition coefficient (Wildman–Crippen LogP) is 6.07. The molecule has 6 rings (SSSR count). The van der Waals surface area contributed by atoms with Gasteiger partial charge in [-0.25, -0.2) is 9.97 Å². The van der Waals surface area contributed by atoms with Gasteiger partial charge in [-0.2, -0.15) is 0 Å². The number of aromatic nitrogens is 3. The first kappa shape index (κ1) is 28.2. The number of thiazole rings is 1. The number of aryl methyl sites for hydroxylation is 1. The van der Waals surface area contributed by atoms with Crippen molar-refractivity contribution in [1.29, 1.82) is 0 Å². The lowest BCUT2D eigenvalue weighted by Gasteiger charge is -2.24. The molecule has 4 heterocycles. The van der Waals surface area contributed by atoms with Crippen LogP contribution in [0.15, 0.2) is 66.4 Å². The van der Waals surface area contributed by atoms with Crippen molar-refractivity contribution in [2.24, 2.45) is 0 Å². The van der Waals surface area contributed by atoms with Crippen molar-refractivity contribution in [3.63, 3.8) is 0 Å². The molecule has 10 nitrogen and oxygen atoms in total. The Morgan fingerprint density at radius 1 is 1.02 bits per heavy atom. The zero-order valence-corrected chi connectivity index (χ0v) is 25.0. The minimum atomic E-state index is -1.00. The number of aliphatic hydroxyl groups is 1. The maximum absolute atomic E-state index is 13.8. The molecule has 11 heteroatoms. The minimum absolute atomic E-state index is 0.0719. The molecule has 220 valence electrons. The Balaban J connectivity index is 1.56. The van der Waals surface area contributed by atoms with Gasteiger partial charge in [-0.1, -0.05) is 36.8 Å². The Morgan fingerprint density at radius 2 is 1.86 bits per heavy atom. The minimum Gasteiger partial charge on any atom is -0.505 e. The van der Waals surface area contributed by atoms with Crippen LogP contribution in [-0.4, -0.2) is 52.0 Å². The van der Waals surface area contributed by atoms with Gasteiger partial charge in [-0.15, -0.1) is 0 Å². The van der Waals surface area contributed by atoms with Crippen molar-refractivity contribution >= 4 is 49.8 Å². The number of aliphatic hydroxyl groups excluding tert-OH is 1. The highest BCUT2D eigenvalue weighted by molar-refractivity contribution is 7.22. The van der Waals surface area contributed by atoms with Crippen LogP contribution in [0.5, 0.6) is 17.2 Å². The van der Waals surface area contributed by atoms with Gasteiger partial charge in [0.15, 0.2) is 22.4 Å². The van der Waals surface area contributed by atoms with Gasteiger partial charge in [-0.05, 0) is 61.4 Å². The summed E-state index contributed by atoms with van der Waals surface area (Å²) in [6.45, 7) is 4.35. The summed E-state index contributed by atoms with van der Waals surface area (Å²) in [5.41, 5.74) is 2.57. The molecule has 2 aromatic carbocycles. The van der Waals surface area contributed by atoms with E-state index in [1.165, 1.54) is 23.3 Å². The normalized spacial score (nSPS) is 16.4. The number of ketones is 1. The van der Waals surface area contributed by atoms with Gasteiger partial charge in [0, 0.05) is 6.20 Å². The Kier molecular flexibility index (Phi) is 7.49. The first-order valence-electron chi connectivity index (χ1n) is 13.9. The highest BCUT2D eigenvalue weighted by atomic mass is 32.1. The van der Waals surface area contributed by atoms with E-state index in [0.29, 0.717) is 57.1 Å². The zero-order valence-electron chi connectivity index (χ0n) is 24.2. The number of imidazole rings is 1. The number of unbranched alkanes of at least 4 members (excludes halogenated alkanes) is 1. The maximum atomic E-state index is 13.8. The van der Waals surface area contributed by atoms with Crippen LogP contribution in [0.2, 0.25) is 0 Å². The van der Waals surface area contributed by atoms with Gasteiger partial charge < -0.3 is 19.3 Å². The fraction of sp³-hybridized carbons (Fsp3) is 0.250. The highest BCUT2D eigenvalue weighted by Crippen LogP contribution is 2.46. The van der Waals surface area contributed by atoms with Crippen molar-refractivity contribution in [1.82, 2.24) is 14.4 Å². The summed E-state index contributed by atoms with van der Waals surface area (Å²) in [7, 11) is 3.11. The molecule has 0 radical (unpaired) electrons. The summed E-state index contributed by atoms with van der Waals surface area (Å²) in [6, 6.07) is 15.1. The molecule has 3 aromatic heterocycles. The van der Waals surface area contributed by atoms with E-state index in [0.717, 1.165) is 17.5 Å². The molecular weight excluding hydrogens is 568 g/mol. The molecule has 1 amide bonds. The van der Waals surface area contributed by atoms with Gasteiger partial charge in [0.1, 0.15) is 17.1 Å². The topological polar surface area (TPSA) is 115 Å². The average molecular weight is 599 g/mol. The molecule has 0 bridgehead atoms. The van der Waals surface area contributed by atoms with Gasteiger partial charge >= 0.3 is 5.91 Å². The summed E-state index contributed by atoms with van der Waals surface area (Å²) in [4.78, 5) is 38.2. The molecule has 1 unspecified atom stereocenters. The predicted molar refractivity (Wildman–Crippen MR) is 164 cm³/mol. The number of rotatable bonds is 9. The third-order valence-corrected chi connectivity index (χ3v) is 8.44. The number of hydrogen-bond acceptors (Lipinski definition) is 9. The van der Waals surface area contributed by atoms with Gasteiger partial charge in [0.2, 0.25) is 0 Å². The molecule has 1 aliphatic heterocycles. The molecular formula is C32H30N4O6S. The monoisotopic (exact) mass is 598 g/mol. The number of hydrogen-bond donors (Lipinski definition) is 1. The number of ether oxygens (including phenoxy) is 3. The summed E-state index contributed by atoms with van der Waals surface area (Å²) in [5.74, 6) is -0.321.